The van der Waals surface area contributed by atoms with E-state index in [9.17, 15) is 9.90 Å². The maximum absolute atomic E-state index is 12.2. The molecule has 0 aliphatic carbocycles. The van der Waals surface area contributed by atoms with E-state index in [4.69, 9.17) is 4.98 Å². The number of carbonyl (C=O) groups excluding carboxylic acids is 1. The lowest BCUT2D eigenvalue weighted by atomic mass is 10.1. The van der Waals surface area contributed by atoms with E-state index in [0.717, 1.165) is 22.4 Å². The first-order valence-corrected chi connectivity index (χ1v) is 9.01. The van der Waals surface area contributed by atoms with Gasteiger partial charge in [-0.1, -0.05) is 0 Å². The molecule has 0 atom stereocenters. The number of pyridine rings is 1. The third-order valence-corrected chi connectivity index (χ3v) is 4.67. The number of amides is 1. The molecule has 4 aromatic heterocycles. The maximum Gasteiger partial charge on any atom is 0.256 e. The minimum absolute atomic E-state index is 0.112. The van der Waals surface area contributed by atoms with E-state index in [1.54, 1.807) is 24.8 Å². The van der Waals surface area contributed by atoms with Crippen LogP contribution in [0.3, 0.4) is 0 Å². The number of hydrogen-bond acceptors (Lipinski definition) is 6. The zero-order valence-corrected chi connectivity index (χ0v) is 15.7. The van der Waals surface area contributed by atoms with Crippen LogP contribution in [0.5, 0.6) is 0 Å². The second kappa shape index (κ2) is 7.28. The molecule has 0 saturated heterocycles. The summed E-state index contributed by atoms with van der Waals surface area (Å²) in [6.45, 7) is 0.766. The zero-order valence-electron chi connectivity index (χ0n) is 15.7. The molecule has 0 fully saturated rings. The van der Waals surface area contributed by atoms with Crippen molar-refractivity contribution < 1.29 is 9.90 Å². The number of carbonyl (C=O) groups is 1. The molecule has 0 aliphatic rings. The van der Waals surface area contributed by atoms with Crippen LogP contribution in [0.2, 0.25) is 0 Å². The van der Waals surface area contributed by atoms with Gasteiger partial charge < -0.3 is 20.3 Å². The van der Waals surface area contributed by atoms with Crippen LogP contribution in [0.15, 0.2) is 36.8 Å². The van der Waals surface area contributed by atoms with Crippen molar-refractivity contribution in [2.24, 2.45) is 0 Å². The molecule has 144 valence electrons. The summed E-state index contributed by atoms with van der Waals surface area (Å²) in [7, 11) is 3.38. The van der Waals surface area contributed by atoms with Crippen LogP contribution in [-0.2, 0) is 6.54 Å². The fourth-order valence-electron chi connectivity index (χ4n) is 3.31. The molecule has 0 spiro atoms. The third-order valence-electron chi connectivity index (χ3n) is 4.67. The molecule has 4 heterocycles. The molecule has 0 unspecified atom stereocenters. The second-order valence-corrected chi connectivity index (χ2v) is 6.34. The van der Waals surface area contributed by atoms with E-state index in [1.807, 2.05) is 29.0 Å². The largest absolute Gasteiger partial charge is 0.396 e. The third kappa shape index (κ3) is 2.85. The molecule has 9 heteroatoms. The summed E-state index contributed by atoms with van der Waals surface area (Å²) in [4.78, 5) is 21.4. The smallest absolute Gasteiger partial charge is 0.256 e. The Bertz CT molecular complexity index is 1160. The number of anilines is 1. The van der Waals surface area contributed by atoms with Gasteiger partial charge in [-0.05, 0) is 18.6 Å². The number of aromatic nitrogens is 5. The standard InChI is InChI=1S/C19H21N7O2/c1-20-16-9-15(24-18-13(19(28)21-2)10-23-26(16)18)14-11-25(7-4-8-27)17-12(14)5-3-6-22-17/h3,5-6,9-11,20,27H,4,7-8H2,1-2H3,(H,21,28). The Kier molecular flexibility index (Phi) is 4.66. The molecular weight excluding hydrogens is 358 g/mol. The summed E-state index contributed by atoms with van der Waals surface area (Å²) in [6, 6.07) is 5.77. The second-order valence-electron chi connectivity index (χ2n) is 6.34. The Morgan fingerprint density at radius 1 is 1.29 bits per heavy atom. The Morgan fingerprint density at radius 3 is 2.89 bits per heavy atom. The lowest BCUT2D eigenvalue weighted by molar-refractivity contribution is 0.0964. The van der Waals surface area contributed by atoms with Crippen LogP contribution >= 0.6 is 0 Å². The quantitative estimate of drug-likeness (QED) is 0.469. The molecule has 4 rings (SSSR count). The average molecular weight is 379 g/mol. The Hall–Kier alpha value is -3.46. The van der Waals surface area contributed by atoms with Crippen LogP contribution in [-0.4, -0.2) is 55.9 Å². The van der Waals surface area contributed by atoms with Crippen molar-refractivity contribution in [3.05, 3.63) is 42.4 Å². The molecule has 28 heavy (non-hydrogen) atoms. The van der Waals surface area contributed by atoms with Crippen molar-refractivity contribution in [2.75, 3.05) is 26.0 Å². The highest BCUT2D eigenvalue weighted by Crippen LogP contribution is 2.31. The predicted octanol–water partition coefficient (Wildman–Crippen LogP) is 1.53. The first kappa shape index (κ1) is 17.9. The van der Waals surface area contributed by atoms with Gasteiger partial charge in [0.1, 0.15) is 17.0 Å². The van der Waals surface area contributed by atoms with Gasteiger partial charge in [-0.15, -0.1) is 0 Å². The van der Waals surface area contributed by atoms with Crippen molar-refractivity contribution in [3.63, 3.8) is 0 Å². The minimum Gasteiger partial charge on any atom is -0.396 e. The molecule has 0 aromatic carbocycles. The molecule has 0 bridgehead atoms. The molecule has 1 amide bonds. The number of aryl methyl sites for hydroxylation is 1. The predicted molar refractivity (Wildman–Crippen MR) is 106 cm³/mol. The van der Waals surface area contributed by atoms with Gasteiger partial charge in [0.25, 0.3) is 5.91 Å². The van der Waals surface area contributed by atoms with Crippen LogP contribution in [0.1, 0.15) is 16.8 Å². The maximum atomic E-state index is 12.2. The molecular formula is C19H21N7O2. The van der Waals surface area contributed by atoms with Gasteiger partial charge in [-0.2, -0.15) is 9.61 Å². The van der Waals surface area contributed by atoms with E-state index < -0.39 is 0 Å². The van der Waals surface area contributed by atoms with Crippen molar-refractivity contribution in [2.45, 2.75) is 13.0 Å². The summed E-state index contributed by atoms with van der Waals surface area (Å²) in [5, 5.41) is 20.2. The van der Waals surface area contributed by atoms with Gasteiger partial charge in [0.15, 0.2) is 5.65 Å². The van der Waals surface area contributed by atoms with Crippen LogP contribution in [0.25, 0.3) is 27.9 Å². The van der Waals surface area contributed by atoms with Crippen molar-refractivity contribution in [1.82, 2.24) is 29.5 Å². The summed E-state index contributed by atoms with van der Waals surface area (Å²) in [5.41, 5.74) is 3.33. The highest BCUT2D eigenvalue weighted by molar-refractivity contribution is 6.00. The lowest BCUT2D eigenvalue weighted by Gasteiger charge is -2.08. The van der Waals surface area contributed by atoms with Crippen LogP contribution in [0, 0.1) is 0 Å². The summed E-state index contributed by atoms with van der Waals surface area (Å²) in [6.07, 6.45) is 5.88. The summed E-state index contributed by atoms with van der Waals surface area (Å²) >= 11 is 0. The molecule has 9 nitrogen and oxygen atoms in total. The molecule has 4 aromatic rings. The number of hydrogen-bond donors (Lipinski definition) is 3. The Morgan fingerprint density at radius 2 is 2.14 bits per heavy atom. The number of aliphatic hydroxyl groups excluding tert-OH is 1. The van der Waals surface area contributed by atoms with Gasteiger partial charge in [0.05, 0.1) is 11.9 Å². The highest BCUT2D eigenvalue weighted by atomic mass is 16.3. The number of nitrogens with zero attached hydrogens (tertiary/aromatic N) is 5. The number of aliphatic hydroxyl groups is 1. The average Bonchev–Trinajstić information content (AvgIpc) is 3.32. The van der Waals surface area contributed by atoms with Crippen molar-refractivity contribution in [3.8, 4) is 11.3 Å². The minimum atomic E-state index is -0.242. The number of fused-ring (bicyclic) bond motifs is 2. The van der Waals surface area contributed by atoms with Gasteiger partial charge in [0.2, 0.25) is 0 Å². The lowest BCUT2D eigenvalue weighted by Crippen LogP contribution is -2.18. The van der Waals surface area contributed by atoms with E-state index in [-0.39, 0.29) is 12.5 Å². The zero-order chi connectivity index (χ0) is 19.7. The fourth-order valence-corrected chi connectivity index (χ4v) is 3.31. The van der Waals surface area contributed by atoms with Crippen molar-refractivity contribution in [1.29, 1.82) is 0 Å². The first-order chi connectivity index (χ1) is 13.7. The highest BCUT2D eigenvalue weighted by Gasteiger charge is 2.19. The monoisotopic (exact) mass is 379 g/mol. The van der Waals surface area contributed by atoms with Gasteiger partial charge >= 0.3 is 0 Å². The van der Waals surface area contributed by atoms with Crippen LogP contribution < -0.4 is 10.6 Å². The number of nitrogens with one attached hydrogen (secondary N) is 2. The van der Waals surface area contributed by atoms with Gasteiger partial charge in [0, 0.05) is 56.7 Å². The summed E-state index contributed by atoms with van der Waals surface area (Å²) < 4.78 is 3.62. The molecule has 0 aliphatic heterocycles. The Labute approximate surface area is 161 Å². The van der Waals surface area contributed by atoms with E-state index in [0.29, 0.717) is 29.9 Å². The first-order valence-electron chi connectivity index (χ1n) is 9.01. The molecule has 0 radical (unpaired) electrons. The summed E-state index contributed by atoms with van der Waals surface area (Å²) in [5.74, 6) is 0.476. The van der Waals surface area contributed by atoms with E-state index in [2.05, 4.69) is 20.7 Å². The molecule has 3 N–H and O–H groups in total. The van der Waals surface area contributed by atoms with Gasteiger partial charge in [-0.25, -0.2) is 9.97 Å². The topological polar surface area (TPSA) is 109 Å². The van der Waals surface area contributed by atoms with E-state index >= 15 is 0 Å². The normalized spacial score (nSPS) is 11.2. The Balaban J connectivity index is 1.95. The van der Waals surface area contributed by atoms with E-state index in [1.165, 1.54) is 6.20 Å². The number of rotatable bonds is 6. The van der Waals surface area contributed by atoms with Gasteiger partial charge in [-0.3, -0.25) is 4.79 Å². The molecule has 0 saturated carbocycles. The SMILES string of the molecule is CNC(=O)c1cnn2c(NC)cc(-c3cn(CCCO)c4ncccc34)nc12. The van der Waals surface area contributed by atoms with Crippen LogP contribution in [0.4, 0.5) is 5.82 Å². The van der Waals surface area contributed by atoms with Crippen molar-refractivity contribution >= 4 is 28.4 Å². The fraction of sp³-hybridized carbons (Fsp3) is 0.263.